The Labute approximate surface area is 129 Å². The second kappa shape index (κ2) is 7.94. The number of aromatic hydroxyl groups is 1. The lowest BCUT2D eigenvalue weighted by molar-refractivity contribution is -0.137. The predicted molar refractivity (Wildman–Crippen MR) is 82.6 cm³/mol. The number of fused-ring (bicyclic) bond motifs is 1. The number of phenolic OH excluding ortho intramolecular Hbond substituents is 1. The highest BCUT2D eigenvalue weighted by atomic mass is 31.1. The third-order valence-corrected chi connectivity index (χ3v) is 3.64. The molecule has 0 aromatic heterocycles. The Balaban J connectivity index is 2.35. The zero-order valence-electron chi connectivity index (χ0n) is 12.2. The number of ether oxygens (including phenoxy) is 1. The van der Waals surface area contributed by atoms with Crippen molar-refractivity contribution in [2.75, 3.05) is 6.61 Å². The Morgan fingerprint density at radius 1 is 1.18 bits per heavy atom. The highest BCUT2D eigenvalue weighted by molar-refractivity contribution is 7.33. The first-order valence-electron chi connectivity index (χ1n) is 7.01. The first-order chi connectivity index (χ1) is 10.7. The number of rotatable bonds is 8. The van der Waals surface area contributed by atoms with Crippen molar-refractivity contribution in [1.29, 1.82) is 0 Å². The van der Waals surface area contributed by atoms with E-state index in [1.54, 1.807) is 12.1 Å². The summed E-state index contributed by atoms with van der Waals surface area (Å²) in [5, 5.41) is 19.7. The molecule has 2 aromatic rings. The molecule has 2 rings (SSSR count). The van der Waals surface area contributed by atoms with Gasteiger partial charge in [0.15, 0.2) is 5.75 Å². The van der Waals surface area contributed by atoms with Crippen molar-refractivity contribution in [3.63, 3.8) is 0 Å². The molecule has 0 aliphatic heterocycles. The number of benzene rings is 2. The molecule has 2 aromatic carbocycles. The van der Waals surface area contributed by atoms with Gasteiger partial charge in [0.25, 0.3) is 0 Å². The maximum absolute atomic E-state index is 11.2. The molecule has 22 heavy (non-hydrogen) atoms. The molecule has 0 spiro atoms. The standard InChI is InChI=1S/C15H17O6P/c1-2-3-6-9-19-14-10-13(16)15(20-22(18)21-17)12-8-5-4-7-11(12)14/h4-5,7-8,10H,2-3,6,9H2,1H3,(H-,16,17)/p+1. The van der Waals surface area contributed by atoms with E-state index in [1.807, 2.05) is 12.1 Å². The molecule has 118 valence electrons. The molecular weight excluding hydrogens is 307 g/mol. The number of unbranched alkanes of at least 4 members (excludes halogenated alkanes) is 2. The SMILES string of the molecule is CCCCCOc1cc(O)c(O[P+](=O)OO)c2ccccc12. The smallest absolute Gasteiger partial charge is 0.504 e. The van der Waals surface area contributed by atoms with E-state index >= 15 is 0 Å². The van der Waals surface area contributed by atoms with E-state index in [9.17, 15) is 9.67 Å². The summed E-state index contributed by atoms with van der Waals surface area (Å²) in [4.78, 5) is 0. The lowest BCUT2D eigenvalue weighted by Crippen LogP contribution is -1.98. The largest absolute Gasteiger partial charge is 0.781 e. The molecule has 0 aliphatic carbocycles. The summed E-state index contributed by atoms with van der Waals surface area (Å²) in [5.41, 5.74) is 0. The van der Waals surface area contributed by atoms with Gasteiger partial charge in [-0.05, 0) is 6.42 Å². The summed E-state index contributed by atoms with van der Waals surface area (Å²) in [6.45, 7) is 2.66. The van der Waals surface area contributed by atoms with Crippen LogP contribution in [0.25, 0.3) is 10.8 Å². The molecule has 0 radical (unpaired) electrons. The minimum Gasteiger partial charge on any atom is -0.504 e. The van der Waals surface area contributed by atoms with Crippen molar-refractivity contribution in [1.82, 2.24) is 0 Å². The van der Waals surface area contributed by atoms with Crippen molar-refractivity contribution in [2.45, 2.75) is 26.2 Å². The quantitative estimate of drug-likeness (QED) is 0.318. The van der Waals surface area contributed by atoms with Gasteiger partial charge >= 0.3 is 8.25 Å². The van der Waals surface area contributed by atoms with Gasteiger partial charge in [0, 0.05) is 21.4 Å². The lowest BCUT2D eigenvalue weighted by Gasteiger charge is -2.11. The van der Waals surface area contributed by atoms with Crippen LogP contribution in [0.1, 0.15) is 26.2 Å². The Morgan fingerprint density at radius 3 is 2.59 bits per heavy atom. The molecule has 0 aliphatic rings. The molecule has 2 N–H and O–H groups in total. The van der Waals surface area contributed by atoms with E-state index in [4.69, 9.17) is 14.5 Å². The fourth-order valence-electron chi connectivity index (χ4n) is 2.14. The normalized spacial score (nSPS) is 11.5. The van der Waals surface area contributed by atoms with Gasteiger partial charge in [0.05, 0.1) is 11.3 Å². The van der Waals surface area contributed by atoms with Crippen LogP contribution in [-0.4, -0.2) is 17.0 Å². The lowest BCUT2D eigenvalue weighted by atomic mass is 10.1. The molecule has 6 nitrogen and oxygen atoms in total. The van der Waals surface area contributed by atoms with Crippen molar-refractivity contribution in [3.8, 4) is 17.2 Å². The number of hydrogen-bond donors (Lipinski definition) is 2. The molecule has 0 fully saturated rings. The molecule has 0 amide bonds. The van der Waals surface area contributed by atoms with Gasteiger partial charge in [0.2, 0.25) is 5.75 Å². The highest BCUT2D eigenvalue weighted by Gasteiger charge is 2.27. The third-order valence-electron chi connectivity index (χ3n) is 3.18. The first kappa shape index (κ1) is 16.5. The minimum absolute atomic E-state index is 0.0216. The van der Waals surface area contributed by atoms with Gasteiger partial charge in [-0.3, -0.25) is 0 Å². The molecule has 7 heteroatoms. The van der Waals surface area contributed by atoms with Crippen LogP contribution in [0.2, 0.25) is 0 Å². The van der Waals surface area contributed by atoms with Crippen LogP contribution in [0.15, 0.2) is 30.3 Å². The van der Waals surface area contributed by atoms with Gasteiger partial charge in [-0.1, -0.05) is 44.0 Å². The van der Waals surface area contributed by atoms with E-state index < -0.39 is 8.25 Å². The molecular formula is C15H18O6P+. The van der Waals surface area contributed by atoms with Crippen LogP contribution in [0.5, 0.6) is 17.2 Å². The second-order valence-electron chi connectivity index (χ2n) is 4.72. The summed E-state index contributed by atoms with van der Waals surface area (Å²) in [6.07, 6.45) is 3.09. The fourth-order valence-corrected chi connectivity index (χ4v) is 2.52. The van der Waals surface area contributed by atoms with Gasteiger partial charge in [-0.15, -0.1) is 0 Å². The Kier molecular flexibility index (Phi) is 5.95. The third kappa shape index (κ3) is 3.85. The summed E-state index contributed by atoms with van der Waals surface area (Å²) in [7, 11) is -2.76. The maximum atomic E-state index is 11.2. The average Bonchev–Trinajstić information content (AvgIpc) is 2.54. The summed E-state index contributed by atoms with van der Waals surface area (Å²) < 4.78 is 25.5. The zero-order valence-corrected chi connectivity index (χ0v) is 13.1. The topological polar surface area (TPSA) is 85.2 Å². The van der Waals surface area contributed by atoms with Gasteiger partial charge in [0.1, 0.15) is 5.75 Å². The van der Waals surface area contributed by atoms with Gasteiger partial charge in [-0.2, -0.15) is 0 Å². The minimum atomic E-state index is -2.76. The molecule has 1 unspecified atom stereocenters. The van der Waals surface area contributed by atoms with E-state index in [0.717, 1.165) is 19.3 Å². The van der Waals surface area contributed by atoms with E-state index in [-0.39, 0.29) is 11.5 Å². The van der Waals surface area contributed by atoms with E-state index in [2.05, 4.69) is 11.6 Å². The van der Waals surface area contributed by atoms with E-state index in [0.29, 0.717) is 23.1 Å². The van der Waals surface area contributed by atoms with Crippen molar-refractivity contribution in [2.24, 2.45) is 0 Å². The molecule has 0 saturated heterocycles. The predicted octanol–water partition coefficient (Wildman–Crippen LogP) is 4.64. The molecule has 1 atom stereocenters. The van der Waals surface area contributed by atoms with Crippen LogP contribution in [-0.2, 0) is 9.24 Å². The van der Waals surface area contributed by atoms with Gasteiger partial charge in [-0.25, -0.2) is 9.78 Å². The first-order valence-corrected chi connectivity index (χ1v) is 8.11. The Bertz CT molecular complexity index is 658. The van der Waals surface area contributed by atoms with Crippen molar-refractivity contribution >= 4 is 19.0 Å². The molecule has 0 bridgehead atoms. The van der Waals surface area contributed by atoms with Crippen LogP contribution in [0.3, 0.4) is 0 Å². The zero-order chi connectivity index (χ0) is 15.9. The summed E-state index contributed by atoms with van der Waals surface area (Å²) >= 11 is 0. The van der Waals surface area contributed by atoms with Crippen molar-refractivity contribution < 1.29 is 28.9 Å². The van der Waals surface area contributed by atoms with Crippen LogP contribution < -0.4 is 9.26 Å². The van der Waals surface area contributed by atoms with Crippen LogP contribution >= 0.6 is 8.25 Å². The number of phenols is 1. The Morgan fingerprint density at radius 2 is 1.91 bits per heavy atom. The van der Waals surface area contributed by atoms with E-state index in [1.165, 1.54) is 6.07 Å². The summed E-state index contributed by atoms with van der Waals surface area (Å²) in [6, 6.07) is 8.49. The highest BCUT2D eigenvalue weighted by Crippen LogP contribution is 2.44. The maximum Gasteiger partial charge on any atom is 0.781 e. The monoisotopic (exact) mass is 325 g/mol. The Hall–Kier alpha value is -1.88. The second-order valence-corrected chi connectivity index (χ2v) is 5.51. The summed E-state index contributed by atoms with van der Waals surface area (Å²) in [5.74, 6) is 0.271. The molecule has 0 heterocycles. The molecule has 0 saturated carbocycles. The van der Waals surface area contributed by atoms with Crippen LogP contribution in [0.4, 0.5) is 0 Å². The van der Waals surface area contributed by atoms with Gasteiger partial charge < -0.3 is 9.84 Å². The fraction of sp³-hybridized carbons (Fsp3) is 0.333. The van der Waals surface area contributed by atoms with Crippen molar-refractivity contribution in [3.05, 3.63) is 30.3 Å². The number of hydrogen-bond acceptors (Lipinski definition) is 6. The average molecular weight is 325 g/mol. The van der Waals surface area contributed by atoms with Crippen LogP contribution in [0, 0.1) is 0 Å².